The molecule has 0 fully saturated rings. The fourth-order valence-electron chi connectivity index (χ4n) is 1.57. The third-order valence-electron chi connectivity index (χ3n) is 2.79. The summed E-state index contributed by atoms with van der Waals surface area (Å²) in [5.41, 5.74) is -0.189. The fraction of sp³-hybridized carbons (Fsp3) is 0.571. The van der Waals surface area contributed by atoms with E-state index in [4.69, 9.17) is 9.84 Å². The summed E-state index contributed by atoms with van der Waals surface area (Å²) in [6.07, 6.45) is 0.0589. The predicted molar refractivity (Wildman–Crippen MR) is 79.4 cm³/mol. The van der Waals surface area contributed by atoms with E-state index in [9.17, 15) is 5.11 Å². The Balaban J connectivity index is 2.30. The Morgan fingerprint density at radius 2 is 2.16 bits per heavy atom. The summed E-state index contributed by atoms with van der Waals surface area (Å²) < 4.78 is 6.45. The predicted octanol–water partition coefficient (Wildman–Crippen LogP) is 1.94. The van der Waals surface area contributed by atoms with Gasteiger partial charge in [-0.1, -0.05) is 22.0 Å². The van der Waals surface area contributed by atoms with Crippen molar-refractivity contribution in [2.75, 3.05) is 19.8 Å². The second-order valence-electron chi connectivity index (χ2n) is 5.16. The van der Waals surface area contributed by atoms with Gasteiger partial charge in [-0.25, -0.2) is 0 Å². The van der Waals surface area contributed by atoms with Crippen LogP contribution in [-0.2, 0) is 0 Å². The van der Waals surface area contributed by atoms with Gasteiger partial charge in [-0.2, -0.15) is 0 Å². The molecule has 0 amide bonds. The maximum atomic E-state index is 9.85. The van der Waals surface area contributed by atoms with Gasteiger partial charge in [0, 0.05) is 23.2 Å². The third-order valence-corrected chi connectivity index (χ3v) is 3.28. The Kier molecular flexibility index (Phi) is 6.79. The SMILES string of the molecule is CC(C)(CCO)NCC(O)COc1cccc(Br)c1. The van der Waals surface area contributed by atoms with Crippen molar-refractivity contribution in [3.05, 3.63) is 28.7 Å². The molecular weight excluding hydrogens is 310 g/mol. The van der Waals surface area contributed by atoms with Gasteiger partial charge < -0.3 is 20.3 Å². The van der Waals surface area contributed by atoms with Gasteiger partial charge in [-0.15, -0.1) is 0 Å². The van der Waals surface area contributed by atoms with E-state index >= 15 is 0 Å². The van der Waals surface area contributed by atoms with Crippen molar-refractivity contribution in [1.82, 2.24) is 5.32 Å². The molecule has 3 N–H and O–H groups in total. The molecular formula is C14H22BrNO3. The van der Waals surface area contributed by atoms with Gasteiger partial charge in [-0.3, -0.25) is 0 Å². The number of nitrogens with one attached hydrogen (secondary N) is 1. The van der Waals surface area contributed by atoms with Crippen molar-refractivity contribution in [1.29, 1.82) is 0 Å². The van der Waals surface area contributed by atoms with Crippen molar-refractivity contribution >= 4 is 15.9 Å². The number of hydrogen-bond donors (Lipinski definition) is 3. The second-order valence-corrected chi connectivity index (χ2v) is 6.08. The summed E-state index contributed by atoms with van der Waals surface area (Å²) in [5, 5.41) is 22.0. The Morgan fingerprint density at radius 3 is 2.79 bits per heavy atom. The van der Waals surface area contributed by atoms with Gasteiger partial charge in [0.2, 0.25) is 0 Å². The lowest BCUT2D eigenvalue weighted by Crippen LogP contribution is -2.45. The van der Waals surface area contributed by atoms with E-state index in [1.807, 2.05) is 38.1 Å². The fourth-order valence-corrected chi connectivity index (χ4v) is 1.95. The van der Waals surface area contributed by atoms with Crippen molar-refractivity contribution < 1.29 is 14.9 Å². The maximum Gasteiger partial charge on any atom is 0.120 e. The van der Waals surface area contributed by atoms with Crippen LogP contribution in [0.3, 0.4) is 0 Å². The topological polar surface area (TPSA) is 61.7 Å². The summed E-state index contributed by atoms with van der Waals surface area (Å²) in [6, 6.07) is 7.51. The van der Waals surface area contributed by atoms with Crippen molar-refractivity contribution in [2.45, 2.75) is 31.9 Å². The molecule has 1 rings (SSSR count). The zero-order valence-electron chi connectivity index (χ0n) is 11.4. The van der Waals surface area contributed by atoms with Crippen LogP contribution in [0.1, 0.15) is 20.3 Å². The molecule has 1 aromatic rings. The number of β-amino-alcohol motifs (C(OH)–C–C–N with tert-alkyl or cyclic N) is 1. The van der Waals surface area contributed by atoms with Gasteiger partial charge in [0.25, 0.3) is 0 Å². The molecule has 0 spiro atoms. The van der Waals surface area contributed by atoms with Gasteiger partial charge in [0.1, 0.15) is 18.5 Å². The Hall–Kier alpha value is -0.620. The Morgan fingerprint density at radius 1 is 1.42 bits per heavy atom. The molecule has 0 saturated carbocycles. The summed E-state index contributed by atoms with van der Waals surface area (Å²) in [7, 11) is 0. The molecule has 1 atom stereocenters. The average molecular weight is 332 g/mol. The molecule has 5 heteroatoms. The Bertz CT molecular complexity index is 385. The zero-order valence-corrected chi connectivity index (χ0v) is 13.0. The molecule has 1 unspecified atom stereocenters. The van der Waals surface area contributed by atoms with E-state index < -0.39 is 6.10 Å². The summed E-state index contributed by atoms with van der Waals surface area (Å²) in [4.78, 5) is 0. The van der Waals surface area contributed by atoms with Gasteiger partial charge in [0.05, 0.1) is 0 Å². The maximum absolute atomic E-state index is 9.85. The van der Waals surface area contributed by atoms with Crippen LogP contribution in [-0.4, -0.2) is 41.6 Å². The van der Waals surface area contributed by atoms with Crippen molar-refractivity contribution in [2.24, 2.45) is 0 Å². The smallest absolute Gasteiger partial charge is 0.120 e. The zero-order chi connectivity index (χ0) is 14.3. The number of rotatable bonds is 8. The highest BCUT2D eigenvalue weighted by molar-refractivity contribution is 9.10. The quantitative estimate of drug-likeness (QED) is 0.681. The second kappa shape index (κ2) is 7.85. The number of benzene rings is 1. The van der Waals surface area contributed by atoms with E-state index in [-0.39, 0.29) is 18.8 Å². The summed E-state index contributed by atoms with van der Waals surface area (Å²) in [5.74, 6) is 0.725. The molecule has 0 radical (unpaired) electrons. The first-order chi connectivity index (χ1) is 8.93. The number of aliphatic hydroxyl groups excluding tert-OH is 2. The highest BCUT2D eigenvalue weighted by Gasteiger charge is 2.17. The van der Waals surface area contributed by atoms with Crippen LogP contribution >= 0.6 is 15.9 Å². The van der Waals surface area contributed by atoms with Gasteiger partial charge in [-0.05, 0) is 38.5 Å². The van der Waals surface area contributed by atoms with Crippen LogP contribution in [0, 0.1) is 0 Å². The summed E-state index contributed by atoms with van der Waals surface area (Å²) >= 11 is 3.36. The first kappa shape index (κ1) is 16.4. The van der Waals surface area contributed by atoms with Crippen molar-refractivity contribution in [3.8, 4) is 5.75 Å². The lowest BCUT2D eigenvalue weighted by atomic mass is 10.0. The molecule has 0 heterocycles. The van der Waals surface area contributed by atoms with Gasteiger partial charge >= 0.3 is 0 Å². The standard InChI is InChI=1S/C14H22BrNO3/c1-14(2,6-7-17)16-9-12(18)10-19-13-5-3-4-11(15)8-13/h3-5,8,12,16-18H,6-7,9-10H2,1-2H3. The third kappa shape index (κ3) is 6.92. The Labute approximate surface area is 122 Å². The van der Waals surface area contributed by atoms with Crippen LogP contribution in [0.25, 0.3) is 0 Å². The van der Waals surface area contributed by atoms with Crippen LogP contribution in [0.15, 0.2) is 28.7 Å². The molecule has 0 aliphatic heterocycles. The normalized spacial score (nSPS) is 13.3. The minimum Gasteiger partial charge on any atom is -0.491 e. The molecule has 0 bridgehead atoms. The minimum atomic E-state index is -0.586. The first-order valence-electron chi connectivity index (χ1n) is 6.35. The van der Waals surface area contributed by atoms with Crippen LogP contribution in [0.2, 0.25) is 0 Å². The van der Waals surface area contributed by atoms with Crippen LogP contribution in [0.4, 0.5) is 0 Å². The first-order valence-corrected chi connectivity index (χ1v) is 7.14. The number of hydrogen-bond acceptors (Lipinski definition) is 4. The molecule has 108 valence electrons. The van der Waals surface area contributed by atoms with Crippen molar-refractivity contribution in [3.63, 3.8) is 0 Å². The van der Waals surface area contributed by atoms with E-state index in [1.165, 1.54) is 0 Å². The van der Waals surface area contributed by atoms with Gasteiger partial charge in [0.15, 0.2) is 0 Å². The van der Waals surface area contributed by atoms with E-state index in [2.05, 4.69) is 21.2 Å². The monoisotopic (exact) mass is 331 g/mol. The van der Waals surface area contributed by atoms with E-state index in [1.54, 1.807) is 0 Å². The summed E-state index contributed by atoms with van der Waals surface area (Å²) in [6.45, 7) is 4.78. The van der Waals surface area contributed by atoms with Crippen LogP contribution in [0.5, 0.6) is 5.75 Å². The van der Waals surface area contributed by atoms with E-state index in [0.717, 1.165) is 10.2 Å². The average Bonchev–Trinajstić information content (AvgIpc) is 2.34. The highest BCUT2D eigenvalue weighted by Crippen LogP contribution is 2.17. The molecule has 0 saturated heterocycles. The molecule has 0 aliphatic carbocycles. The largest absolute Gasteiger partial charge is 0.491 e. The molecule has 19 heavy (non-hydrogen) atoms. The number of halogens is 1. The lowest BCUT2D eigenvalue weighted by molar-refractivity contribution is 0.0959. The number of aliphatic hydroxyl groups is 2. The molecule has 0 aromatic heterocycles. The highest BCUT2D eigenvalue weighted by atomic mass is 79.9. The molecule has 4 nitrogen and oxygen atoms in total. The van der Waals surface area contributed by atoms with Crippen LogP contribution < -0.4 is 10.1 Å². The molecule has 0 aliphatic rings. The van der Waals surface area contributed by atoms with E-state index in [0.29, 0.717) is 13.0 Å². The number of ether oxygens (including phenoxy) is 1. The lowest BCUT2D eigenvalue weighted by Gasteiger charge is -2.27. The minimum absolute atomic E-state index is 0.130. The molecule has 1 aromatic carbocycles.